The molecule has 0 saturated carbocycles. The van der Waals surface area contributed by atoms with Gasteiger partial charge in [-0.3, -0.25) is 9.59 Å². The number of ether oxygens (including phenoxy) is 3. The molecule has 2 bridgehead atoms. The van der Waals surface area contributed by atoms with Crippen LogP contribution >= 0.6 is 0 Å². The molecule has 3 aliphatic rings. The molecule has 0 N–H and O–H groups in total. The summed E-state index contributed by atoms with van der Waals surface area (Å²) >= 11 is 0. The SMILES string of the molecule is CC(C)(C)OC(=O)CCCC(=O)OC(C(=O)OC1CC2CCC(C1)[N+]21CCCC1)(c1ccccc1)c1ccccc1. The van der Waals surface area contributed by atoms with Crippen molar-refractivity contribution in [2.45, 2.75) is 108 Å². The Kier molecular flexibility index (Phi) is 8.55. The number of hydrogen-bond acceptors (Lipinski definition) is 6. The summed E-state index contributed by atoms with van der Waals surface area (Å²) in [6.07, 6.45) is 6.77. The van der Waals surface area contributed by atoms with Crippen molar-refractivity contribution in [3.63, 3.8) is 0 Å². The van der Waals surface area contributed by atoms with E-state index < -0.39 is 23.1 Å². The van der Waals surface area contributed by atoms with Crippen LogP contribution in [0.3, 0.4) is 0 Å². The lowest BCUT2D eigenvalue weighted by molar-refractivity contribution is -0.956. The molecule has 3 aliphatic heterocycles. The van der Waals surface area contributed by atoms with Crippen LogP contribution in [0.25, 0.3) is 0 Å². The van der Waals surface area contributed by atoms with E-state index in [1.807, 2.05) is 57.2 Å². The highest BCUT2D eigenvalue weighted by atomic mass is 16.6. The van der Waals surface area contributed by atoms with Gasteiger partial charge in [-0.2, -0.15) is 0 Å². The fraction of sp³-hybridized carbons (Fsp3) is 0.559. The second-order valence-corrected chi connectivity index (χ2v) is 13.0. The van der Waals surface area contributed by atoms with Gasteiger partial charge in [0.05, 0.1) is 25.2 Å². The molecule has 7 nitrogen and oxygen atoms in total. The first-order valence-electron chi connectivity index (χ1n) is 15.2. The number of rotatable bonds is 9. The summed E-state index contributed by atoms with van der Waals surface area (Å²) in [6.45, 7) is 7.92. The Hall–Kier alpha value is -3.19. The summed E-state index contributed by atoms with van der Waals surface area (Å²) in [4.78, 5) is 39.9. The van der Waals surface area contributed by atoms with Crippen LogP contribution in [0.15, 0.2) is 60.7 Å². The Balaban J connectivity index is 1.38. The topological polar surface area (TPSA) is 78.9 Å². The Morgan fingerprint density at radius 3 is 1.73 bits per heavy atom. The smallest absolute Gasteiger partial charge is 0.360 e. The van der Waals surface area contributed by atoms with Crippen molar-refractivity contribution in [3.05, 3.63) is 71.8 Å². The monoisotopic (exact) mass is 562 g/mol. The van der Waals surface area contributed by atoms with E-state index in [4.69, 9.17) is 14.2 Å². The number of piperidine rings is 1. The van der Waals surface area contributed by atoms with Gasteiger partial charge >= 0.3 is 17.9 Å². The van der Waals surface area contributed by atoms with E-state index in [1.54, 1.807) is 24.3 Å². The lowest BCUT2D eigenvalue weighted by Crippen LogP contribution is -2.60. The molecule has 5 rings (SSSR count). The lowest BCUT2D eigenvalue weighted by Gasteiger charge is -2.47. The van der Waals surface area contributed by atoms with Crippen LogP contribution in [0.1, 0.15) is 89.7 Å². The van der Waals surface area contributed by atoms with E-state index in [1.165, 1.54) is 43.3 Å². The Morgan fingerprint density at radius 1 is 0.756 bits per heavy atom. The molecule has 3 fully saturated rings. The first-order valence-corrected chi connectivity index (χ1v) is 15.2. The standard InChI is InChI=1S/C34H44NO6/c1-33(2,3)40-30(36)17-12-18-31(37)41-34(25-13-6-4-7-14-25,26-15-8-5-9-16-26)32(38)39-29-23-27-19-20-28(24-29)35(27)21-10-11-22-35/h4-9,13-16,27-29H,10-12,17-24H2,1-3H3/q+1. The van der Waals surface area contributed by atoms with E-state index in [-0.39, 0.29) is 31.3 Å². The van der Waals surface area contributed by atoms with E-state index >= 15 is 0 Å². The molecule has 2 aromatic carbocycles. The summed E-state index contributed by atoms with van der Waals surface area (Å²) in [6, 6.07) is 19.3. The minimum atomic E-state index is -1.75. The van der Waals surface area contributed by atoms with Crippen LogP contribution in [0.5, 0.6) is 0 Å². The first kappa shape index (κ1) is 29.3. The molecule has 2 atom stereocenters. The summed E-state index contributed by atoms with van der Waals surface area (Å²) in [7, 11) is 0. The average molecular weight is 563 g/mol. The lowest BCUT2D eigenvalue weighted by atomic mass is 9.85. The van der Waals surface area contributed by atoms with Gasteiger partial charge < -0.3 is 18.7 Å². The van der Waals surface area contributed by atoms with Gasteiger partial charge in [-0.25, -0.2) is 4.79 Å². The zero-order valence-corrected chi connectivity index (χ0v) is 24.7. The summed E-state index contributed by atoms with van der Waals surface area (Å²) < 4.78 is 19.1. The minimum Gasteiger partial charge on any atom is -0.460 e. The molecular formula is C34H44NO6+. The average Bonchev–Trinajstić information content (AvgIpc) is 3.48. The number of carbonyl (C=O) groups excluding carboxylic acids is 3. The van der Waals surface area contributed by atoms with Crippen molar-refractivity contribution in [2.24, 2.45) is 0 Å². The number of benzene rings is 2. The first-order chi connectivity index (χ1) is 19.6. The molecule has 41 heavy (non-hydrogen) atoms. The van der Waals surface area contributed by atoms with Crippen molar-refractivity contribution in [1.82, 2.24) is 0 Å². The van der Waals surface area contributed by atoms with E-state index in [0.717, 1.165) is 12.8 Å². The largest absolute Gasteiger partial charge is 0.460 e. The molecule has 2 unspecified atom stereocenters. The Morgan fingerprint density at radius 2 is 1.24 bits per heavy atom. The molecule has 3 heterocycles. The molecule has 7 heteroatoms. The molecule has 2 aromatic rings. The maximum absolute atomic E-state index is 14.4. The molecule has 3 saturated heterocycles. The molecule has 1 spiro atoms. The van der Waals surface area contributed by atoms with Gasteiger partial charge in [0, 0.05) is 62.5 Å². The third kappa shape index (κ3) is 6.20. The number of hydrogen-bond donors (Lipinski definition) is 0. The van der Waals surface area contributed by atoms with Crippen LogP contribution < -0.4 is 0 Å². The minimum absolute atomic E-state index is 0.0263. The van der Waals surface area contributed by atoms with Gasteiger partial charge in [-0.15, -0.1) is 0 Å². The van der Waals surface area contributed by atoms with Crippen LogP contribution in [-0.2, 0) is 34.2 Å². The normalized spacial score (nSPS) is 23.2. The fourth-order valence-electron chi connectivity index (χ4n) is 7.44. The summed E-state index contributed by atoms with van der Waals surface area (Å²) in [5, 5.41) is 0. The fourth-order valence-corrected chi connectivity index (χ4v) is 7.44. The third-order valence-corrected chi connectivity index (χ3v) is 9.13. The van der Waals surface area contributed by atoms with Crippen molar-refractivity contribution in [3.8, 4) is 0 Å². The highest BCUT2D eigenvalue weighted by molar-refractivity contribution is 5.89. The van der Waals surface area contributed by atoms with Gasteiger partial charge in [-0.1, -0.05) is 60.7 Å². The van der Waals surface area contributed by atoms with E-state index in [9.17, 15) is 14.4 Å². The molecule has 0 aromatic heterocycles. The predicted octanol–water partition coefficient (Wildman–Crippen LogP) is 5.83. The van der Waals surface area contributed by atoms with Crippen LogP contribution in [0.4, 0.5) is 0 Å². The zero-order chi connectivity index (χ0) is 29.1. The second kappa shape index (κ2) is 12.0. The molecule has 0 radical (unpaired) electrons. The van der Waals surface area contributed by atoms with Gasteiger partial charge in [0.2, 0.25) is 0 Å². The Labute approximate surface area is 243 Å². The number of nitrogens with zero attached hydrogens (tertiary/aromatic N) is 1. The predicted molar refractivity (Wildman–Crippen MR) is 155 cm³/mol. The summed E-state index contributed by atoms with van der Waals surface area (Å²) in [5.41, 5.74) is -1.26. The van der Waals surface area contributed by atoms with Gasteiger partial charge in [0.25, 0.3) is 5.60 Å². The van der Waals surface area contributed by atoms with Crippen LogP contribution in [0.2, 0.25) is 0 Å². The number of esters is 3. The van der Waals surface area contributed by atoms with Gasteiger partial charge in [0.15, 0.2) is 0 Å². The third-order valence-electron chi connectivity index (χ3n) is 9.13. The summed E-state index contributed by atoms with van der Waals surface area (Å²) in [5.74, 6) is -1.49. The maximum atomic E-state index is 14.4. The molecule has 220 valence electrons. The highest BCUT2D eigenvalue weighted by Gasteiger charge is 2.57. The van der Waals surface area contributed by atoms with Gasteiger partial charge in [0.1, 0.15) is 11.7 Å². The van der Waals surface area contributed by atoms with Crippen molar-refractivity contribution < 1.29 is 33.1 Å². The second-order valence-electron chi connectivity index (χ2n) is 13.0. The van der Waals surface area contributed by atoms with Crippen LogP contribution in [0, 0.1) is 0 Å². The maximum Gasteiger partial charge on any atom is 0.360 e. The van der Waals surface area contributed by atoms with Crippen molar-refractivity contribution >= 4 is 17.9 Å². The highest BCUT2D eigenvalue weighted by Crippen LogP contribution is 2.47. The van der Waals surface area contributed by atoms with E-state index in [2.05, 4.69) is 0 Å². The number of carbonyl (C=O) groups is 3. The Bertz CT molecular complexity index is 1160. The number of quaternary nitrogens is 1. The van der Waals surface area contributed by atoms with Crippen LogP contribution in [-0.4, -0.2) is 59.3 Å². The quantitative estimate of drug-likeness (QED) is 0.217. The van der Waals surface area contributed by atoms with Crippen molar-refractivity contribution in [1.29, 1.82) is 0 Å². The molecule has 0 amide bonds. The van der Waals surface area contributed by atoms with E-state index in [0.29, 0.717) is 23.2 Å². The van der Waals surface area contributed by atoms with Crippen molar-refractivity contribution in [2.75, 3.05) is 13.1 Å². The molecule has 0 aliphatic carbocycles. The zero-order valence-electron chi connectivity index (χ0n) is 24.7. The molecular weight excluding hydrogens is 518 g/mol. The van der Waals surface area contributed by atoms with Gasteiger partial charge in [-0.05, 0) is 27.2 Å².